The van der Waals surface area contributed by atoms with E-state index >= 15 is 0 Å². The molecule has 13 aromatic rings. The van der Waals surface area contributed by atoms with Crippen LogP contribution >= 0.6 is 0 Å². The number of hydrogen-bond acceptors (Lipinski definition) is 6. The number of hydrogen-bond donors (Lipinski definition) is 0. The third-order valence-electron chi connectivity index (χ3n) is 13.4. The molecule has 0 amide bonds. The minimum absolute atomic E-state index is 0.590. The molecule has 7 heteroatoms. The van der Waals surface area contributed by atoms with Crippen molar-refractivity contribution in [1.82, 2.24) is 34.5 Å². The monoisotopic (exact) mass is 933 g/mol. The molecule has 0 aliphatic carbocycles. The van der Waals surface area contributed by atoms with E-state index in [2.05, 4.69) is 144 Å². The zero-order valence-electron chi connectivity index (χ0n) is 39.5. The minimum Gasteiger partial charge on any atom is -0.308 e. The molecule has 3 heterocycles. The van der Waals surface area contributed by atoms with Crippen LogP contribution in [0.2, 0.25) is 0 Å². The van der Waals surface area contributed by atoms with Crippen LogP contribution in [-0.4, -0.2) is 34.5 Å². The number of rotatable bonds is 10. The summed E-state index contributed by atoms with van der Waals surface area (Å²) in [6.45, 7) is 0. The van der Waals surface area contributed by atoms with Crippen molar-refractivity contribution in [2.45, 2.75) is 0 Å². The first-order valence-electron chi connectivity index (χ1n) is 24.4. The number of fused-ring (bicyclic) bond motifs is 3. The first kappa shape index (κ1) is 43.1. The molecule has 0 bridgehead atoms. The van der Waals surface area contributed by atoms with Gasteiger partial charge in [-0.3, -0.25) is 0 Å². The van der Waals surface area contributed by atoms with Crippen molar-refractivity contribution in [1.29, 1.82) is 0 Å². The van der Waals surface area contributed by atoms with Crippen molar-refractivity contribution in [3.63, 3.8) is 0 Å². The molecular formula is C66H43N7. The Bertz CT molecular complexity index is 3760. The summed E-state index contributed by atoms with van der Waals surface area (Å²) in [7, 11) is 0. The number of nitrogens with zero attached hydrogens (tertiary/aromatic N) is 7. The van der Waals surface area contributed by atoms with Gasteiger partial charge in [0.2, 0.25) is 0 Å². The van der Waals surface area contributed by atoms with Gasteiger partial charge in [-0.25, -0.2) is 29.9 Å². The van der Waals surface area contributed by atoms with Crippen LogP contribution in [0.15, 0.2) is 261 Å². The van der Waals surface area contributed by atoms with E-state index in [1.165, 1.54) is 0 Å². The van der Waals surface area contributed by atoms with E-state index < -0.39 is 0 Å². The maximum atomic E-state index is 5.23. The van der Waals surface area contributed by atoms with Gasteiger partial charge in [0.25, 0.3) is 0 Å². The normalized spacial score (nSPS) is 11.3. The Morgan fingerprint density at radius 3 is 0.822 bits per heavy atom. The summed E-state index contributed by atoms with van der Waals surface area (Å²) in [5.41, 5.74) is 15.0. The van der Waals surface area contributed by atoms with Gasteiger partial charge >= 0.3 is 0 Å². The molecule has 10 aromatic carbocycles. The summed E-state index contributed by atoms with van der Waals surface area (Å²) in [6, 6.07) is 90.1. The summed E-state index contributed by atoms with van der Waals surface area (Å²) < 4.78 is 2.44. The molecule has 0 aliphatic rings. The fourth-order valence-corrected chi connectivity index (χ4v) is 9.93. The van der Waals surface area contributed by atoms with Gasteiger partial charge in [0.05, 0.1) is 11.0 Å². The lowest BCUT2D eigenvalue weighted by atomic mass is 9.95. The molecule has 0 fully saturated rings. The number of benzene rings is 10. The molecule has 0 N–H and O–H groups in total. The van der Waals surface area contributed by atoms with Gasteiger partial charge in [0, 0.05) is 61.0 Å². The standard InChI is InChI=1S/C66H43N7/c1-6-22-44(23-7-1)45-40-42-50(43-41-45)73-59-53(51-32-16-18-34-57(51)65-69-61(46-24-8-2-9-25-46)67-62(70-65)47-26-10-3-11-27-47)36-20-38-55(59)56-39-21-37-54(60(56)73)52-33-17-19-35-58(52)66-71-63(48-28-12-4-13-29-48)68-64(72-66)49-30-14-5-15-31-49/h1-43H. The maximum absolute atomic E-state index is 5.23. The Labute approximate surface area is 422 Å². The Balaban J connectivity index is 1.07. The highest BCUT2D eigenvalue weighted by Crippen LogP contribution is 2.45. The molecule has 0 saturated carbocycles. The van der Waals surface area contributed by atoms with E-state index in [-0.39, 0.29) is 0 Å². The maximum Gasteiger partial charge on any atom is 0.164 e. The fourth-order valence-electron chi connectivity index (χ4n) is 9.93. The zero-order chi connectivity index (χ0) is 48.5. The molecule has 0 radical (unpaired) electrons. The summed E-state index contributed by atoms with van der Waals surface area (Å²) >= 11 is 0. The first-order valence-corrected chi connectivity index (χ1v) is 24.4. The van der Waals surface area contributed by atoms with Gasteiger partial charge in [-0.15, -0.1) is 0 Å². The highest BCUT2D eigenvalue weighted by Gasteiger charge is 2.24. The molecule has 0 atom stereocenters. The highest BCUT2D eigenvalue weighted by molar-refractivity contribution is 6.18. The average Bonchev–Trinajstić information content (AvgIpc) is 3.83. The Kier molecular flexibility index (Phi) is 11.1. The third kappa shape index (κ3) is 8.11. The van der Waals surface area contributed by atoms with Crippen LogP contribution in [0.4, 0.5) is 0 Å². The van der Waals surface area contributed by atoms with Gasteiger partial charge in [-0.1, -0.05) is 249 Å². The van der Waals surface area contributed by atoms with Crippen LogP contribution < -0.4 is 0 Å². The van der Waals surface area contributed by atoms with Crippen molar-refractivity contribution in [3.8, 4) is 107 Å². The van der Waals surface area contributed by atoms with Gasteiger partial charge < -0.3 is 4.57 Å². The van der Waals surface area contributed by atoms with Crippen LogP contribution in [0, 0.1) is 0 Å². The second kappa shape index (κ2) is 18.7. The molecular weight excluding hydrogens is 891 g/mol. The van der Waals surface area contributed by atoms with Gasteiger partial charge in [-0.05, 0) is 34.4 Å². The van der Waals surface area contributed by atoms with Gasteiger partial charge in [-0.2, -0.15) is 0 Å². The van der Waals surface area contributed by atoms with Crippen molar-refractivity contribution in [2.24, 2.45) is 0 Å². The first-order chi connectivity index (χ1) is 36.2. The summed E-state index contributed by atoms with van der Waals surface area (Å²) in [6.07, 6.45) is 0. The van der Waals surface area contributed by atoms with Gasteiger partial charge in [0.15, 0.2) is 34.9 Å². The smallest absolute Gasteiger partial charge is 0.164 e. The lowest BCUT2D eigenvalue weighted by Crippen LogP contribution is -2.02. The molecule has 7 nitrogen and oxygen atoms in total. The lowest BCUT2D eigenvalue weighted by Gasteiger charge is -2.17. The van der Waals surface area contributed by atoms with Crippen molar-refractivity contribution in [3.05, 3.63) is 261 Å². The highest BCUT2D eigenvalue weighted by atomic mass is 15.0. The Hall–Kier alpha value is -9.98. The molecule has 0 spiro atoms. The molecule has 3 aromatic heterocycles. The van der Waals surface area contributed by atoms with Crippen molar-refractivity contribution < 1.29 is 0 Å². The second-order valence-corrected chi connectivity index (χ2v) is 17.8. The van der Waals surface area contributed by atoms with E-state index in [4.69, 9.17) is 29.9 Å². The topological polar surface area (TPSA) is 82.3 Å². The number of para-hydroxylation sites is 2. The SMILES string of the molecule is c1ccc(-c2ccc(-n3c4c(-c5ccccc5-c5nc(-c6ccccc6)nc(-c6ccccc6)n5)cccc4c4cccc(-c5ccccc5-c5nc(-c6ccccc6)nc(-c6ccccc6)n5)c43)cc2)cc1. The Morgan fingerprint density at radius 2 is 0.466 bits per heavy atom. The fraction of sp³-hybridized carbons (Fsp3) is 0. The third-order valence-corrected chi connectivity index (χ3v) is 13.4. The molecule has 342 valence electrons. The number of aromatic nitrogens is 7. The summed E-state index contributed by atoms with van der Waals surface area (Å²) in [5.74, 6) is 3.62. The van der Waals surface area contributed by atoms with Gasteiger partial charge in [0.1, 0.15) is 0 Å². The summed E-state index contributed by atoms with van der Waals surface area (Å²) in [4.78, 5) is 31.0. The van der Waals surface area contributed by atoms with Crippen molar-refractivity contribution in [2.75, 3.05) is 0 Å². The second-order valence-electron chi connectivity index (χ2n) is 17.8. The summed E-state index contributed by atoms with van der Waals surface area (Å²) in [5, 5.41) is 2.22. The zero-order valence-corrected chi connectivity index (χ0v) is 39.5. The minimum atomic E-state index is 0.590. The van der Waals surface area contributed by atoms with E-state index in [0.29, 0.717) is 34.9 Å². The average molecular weight is 934 g/mol. The van der Waals surface area contributed by atoms with Crippen molar-refractivity contribution >= 4 is 21.8 Å². The molecule has 0 aliphatic heterocycles. The quantitative estimate of drug-likeness (QED) is 0.136. The van der Waals surface area contributed by atoms with Crippen LogP contribution in [0.3, 0.4) is 0 Å². The predicted octanol–water partition coefficient (Wildman–Crippen LogP) is 16.2. The van der Waals surface area contributed by atoms with E-state index in [1.807, 2.05) is 121 Å². The largest absolute Gasteiger partial charge is 0.308 e. The molecule has 0 saturated heterocycles. The van der Waals surface area contributed by atoms with Crippen LogP contribution in [0.5, 0.6) is 0 Å². The van der Waals surface area contributed by atoms with Crippen LogP contribution in [0.1, 0.15) is 0 Å². The Morgan fingerprint density at radius 1 is 0.192 bits per heavy atom. The molecule has 0 unspecified atom stereocenters. The van der Waals surface area contributed by atoms with Crippen LogP contribution in [0.25, 0.3) is 129 Å². The van der Waals surface area contributed by atoms with E-state index in [9.17, 15) is 0 Å². The van der Waals surface area contributed by atoms with E-state index in [0.717, 1.165) is 94.3 Å². The van der Waals surface area contributed by atoms with Crippen LogP contribution in [-0.2, 0) is 0 Å². The van der Waals surface area contributed by atoms with E-state index in [1.54, 1.807) is 0 Å². The molecule has 73 heavy (non-hydrogen) atoms. The molecule has 13 rings (SSSR count). The predicted molar refractivity (Wildman–Crippen MR) is 296 cm³/mol. The lowest BCUT2D eigenvalue weighted by molar-refractivity contribution is 1.07.